The number of benzene rings is 2. The number of β-amino-alcohol motifs (C(OH)–C–C–N with tert-alkyl or cyclic N) is 1. The smallest absolute Gasteiger partial charge is 0.0959 e. The molecule has 0 spiro atoms. The van der Waals surface area contributed by atoms with Crippen molar-refractivity contribution in [2.24, 2.45) is 0 Å². The van der Waals surface area contributed by atoms with Crippen LogP contribution in [0.15, 0.2) is 67.0 Å². The third-order valence-corrected chi connectivity index (χ3v) is 5.34. The summed E-state index contributed by atoms with van der Waals surface area (Å²) in [6, 6.07) is 18.5. The zero-order chi connectivity index (χ0) is 19.2. The van der Waals surface area contributed by atoms with E-state index in [0.29, 0.717) is 13.1 Å². The summed E-state index contributed by atoms with van der Waals surface area (Å²) in [7, 11) is 0. The predicted molar refractivity (Wildman–Crippen MR) is 114 cm³/mol. The molecule has 5 heteroatoms. The van der Waals surface area contributed by atoms with Gasteiger partial charge in [0.2, 0.25) is 0 Å². The first-order valence-corrected chi connectivity index (χ1v) is 10.0. The molecule has 1 atom stereocenters. The summed E-state index contributed by atoms with van der Waals surface area (Å²) in [6.45, 7) is 6.36. The topological polar surface area (TPSA) is 44.5 Å². The van der Waals surface area contributed by atoms with Gasteiger partial charge in [0.25, 0.3) is 0 Å². The van der Waals surface area contributed by atoms with Crippen LogP contribution in [0.3, 0.4) is 0 Å². The summed E-state index contributed by atoms with van der Waals surface area (Å²) >= 11 is 0. The molecule has 4 rings (SSSR count). The fourth-order valence-electron chi connectivity index (χ4n) is 3.80. The molecule has 0 radical (unpaired) electrons. The number of aliphatic hydroxyl groups is 1. The Hall–Kier alpha value is -2.47. The van der Waals surface area contributed by atoms with E-state index in [1.54, 1.807) is 0 Å². The van der Waals surface area contributed by atoms with E-state index in [-0.39, 0.29) is 6.10 Å². The minimum absolute atomic E-state index is 0.387. The zero-order valence-electron chi connectivity index (χ0n) is 16.2. The number of piperazine rings is 1. The first-order chi connectivity index (χ1) is 13.8. The molecule has 0 saturated carbocycles. The third kappa shape index (κ3) is 4.87. The van der Waals surface area contributed by atoms with Crippen molar-refractivity contribution in [3.8, 4) is 0 Å². The highest BCUT2D eigenvalue weighted by molar-refractivity contribution is 5.74. The maximum absolute atomic E-state index is 10.6. The van der Waals surface area contributed by atoms with Crippen LogP contribution in [-0.2, 0) is 6.54 Å². The maximum Gasteiger partial charge on any atom is 0.0959 e. The van der Waals surface area contributed by atoms with Crippen LogP contribution in [0.5, 0.6) is 0 Å². The van der Waals surface area contributed by atoms with Crippen molar-refractivity contribution in [2.45, 2.75) is 12.6 Å². The fraction of sp³-hybridized carbons (Fsp3) is 0.348. The minimum atomic E-state index is -0.387. The number of para-hydroxylation sites is 2. The molecule has 3 aromatic rings. The van der Waals surface area contributed by atoms with Crippen molar-refractivity contribution in [3.63, 3.8) is 0 Å². The summed E-state index contributed by atoms with van der Waals surface area (Å²) in [4.78, 5) is 9.23. The second-order valence-electron chi connectivity index (χ2n) is 7.45. The molecule has 1 aliphatic rings. The number of aliphatic hydroxyl groups excluding tert-OH is 1. The minimum Gasteiger partial charge on any atom is -0.390 e. The van der Waals surface area contributed by atoms with Crippen molar-refractivity contribution in [2.75, 3.05) is 39.3 Å². The van der Waals surface area contributed by atoms with Gasteiger partial charge in [0, 0.05) is 39.3 Å². The summed E-state index contributed by atoms with van der Waals surface area (Å²) in [5.74, 6) is 0. The third-order valence-electron chi connectivity index (χ3n) is 5.34. The van der Waals surface area contributed by atoms with E-state index < -0.39 is 0 Å². The van der Waals surface area contributed by atoms with Crippen LogP contribution in [0.25, 0.3) is 17.1 Å². The number of hydrogen-bond donors (Lipinski definition) is 1. The van der Waals surface area contributed by atoms with E-state index in [1.165, 1.54) is 5.56 Å². The summed E-state index contributed by atoms with van der Waals surface area (Å²) in [5.41, 5.74) is 3.31. The predicted octanol–water partition coefficient (Wildman–Crippen LogP) is 2.73. The summed E-state index contributed by atoms with van der Waals surface area (Å²) in [5, 5.41) is 10.6. The van der Waals surface area contributed by atoms with E-state index in [9.17, 15) is 5.11 Å². The molecular weight excluding hydrogens is 348 g/mol. The standard InChI is InChI=1S/C23H28N4O/c28-21(18-27-19-24-22-10-4-5-11-23(22)27)17-26-15-13-25(14-16-26)12-6-9-20-7-2-1-3-8-20/h1-11,19,21,28H,12-18H2/b9-6+. The first kappa shape index (κ1) is 18.9. The van der Waals surface area contributed by atoms with Crippen LogP contribution in [0.4, 0.5) is 0 Å². The van der Waals surface area contributed by atoms with Crippen molar-refractivity contribution >= 4 is 17.1 Å². The quantitative estimate of drug-likeness (QED) is 0.689. The zero-order valence-corrected chi connectivity index (χ0v) is 16.2. The van der Waals surface area contributed by atoms with Gasteiger partial charge in [-0.2, -0.15) is 0 Å². The van der Waals surface area contributed by atoms with Gasteiger partial charge in [-0.05, 0) is 17.7 Å². The lowest BCUT2D eigenvalue weighted by molar-refractivity contribution is 0.0681. The van der Waals surface area contributed by atoms with Gasteiger partial charge >= 0.3 is 0 Å². The van der Waals surface area contributed by atoms with Gasteiger partial charge in [-0.3, -0.25) is 9.80 Å². The van der Waals surface area contributed by atoms with Gasteiger partial charge < -0.3 is 9.67 Å². The Bertz CT molecular complexity index is 897. The number of nitrogens with zero attached hydrogens (tertiary/aromatic N) is 4. The lowest BCUT2D eigenvalue weighted by Crippen LogP contribution is -2.48. The molecule has 0 amide bonds. The summed E-state index contributed by atoms with van der Waals surface area (Å²) in [6.07, 6.45) is 5.86. The van der Waals surface area contributed by atoms with Crippen LogP contribution in [0.2, 0.25) is 0 Å². The van der Waals surface area contributed by atoms with E-state index in [2.05, 4.69) is 57.3 Å². The van der Waals surface area contributed by atoms with Crippen molar-refractivity contribution in [1.29, 1.82) is 0 Å². The molecule has 146 valence electrons. The molecule has 1 saturated heterocycles. The molecule has 1 N–H and O–H groups in total. The normalized spacial score (nSPS) is 17.5. The SMILES string of the molecule is OC(CN1CCN(C/C=C/c2ccccc2)CC1)Cn1cnc2ccccc21. The Balaban J connectivity index is 1.21. The molecule has 28 heavy (non-hydrogen) atoms. The van der Waals surface area contributed by atoms with E-state index in [1.807, 2.05) is 35.2 Å². The Labute approximate surface area is 166 Å². The molecule has 2 heterocycles. The highest BCUT2D eigenvalue weighted by atomic mass is 16.3. The van der Waals surface area contributed by atoms with Gasteiger partial charge in [-0.1, -0.05) is 54.6 Å². The van der Waals surface area contributed by atoms with E-state index in [0.717, 1.165) is 43.8 Å². The van der Waals surface area contributed by atoms with E-state index in [4.69, 9.17) is 0 Å². The lowest BCUT2D eigenvalue weighted by Gasteiger charge is -2.35. The highest BCUT2D eigenvalue weighted by Crippen LogP contribution is 2.13. The van der Waals surface area contributed by atoms with Gasteiger partial charge in [0.15, 0.2) is 0 Å². The van der Waals surface area contributed by atoms with Crippen molar-refractivity contribution in [1.82, 2.24) is 19.4 Å². The molecule has 1 aliphatic heterocycles. The Kier molecular flexibility index (Phi) is 6.17. The highest BCUT2D eigenvalue weighted by Gasteiger charge is 2.19. The molecule has 5 nitrogen and oxygen atoms in total. The molecular formula is C23H28N4O. The number of imidazole rings is 1. The molecule has 0 bridgehead atoms. The lowest BCUT2D eigenvalue weighted by atomic mass is 10.2. The Morgan fingerprint density at radius 1 is 0.893 bits per heavy atom. The Morgan fingerprint density at radius 3 is 2.43 bits per heavy atom. The fourth-order valence-corrected chi connectivity index (χ4v) is 3.80. The van der Waals surface area contributed by atoms with Crippen LogP contribution in [0.1, 0.15) is 5.56 Å². The molecule has 0 aliphatic carbocycles. The molecule has 1 fully saturated rings. The van der Waals surface area contributed by atoms with Gasteiger partial charge in [0.05, 0.1) is 30.0 Å². The van der Waals surface area contributed by atoms with Crippen molar-refractivity contribution < 1.29 is 5.11 Å². The number of hydrogen-bond acceptors (Lipinski definition) is 4. The molecule has 2 aromatic carbocycles. The second-order valence-corrected chi connectivity index (χ2v) is 7.45. The monoisotopic (exact) mass is 376 g/mol. The van der Waals surface area contributed by atoms with Crippen LogP contribution in [-0.4, -0.2) is 69.8 Å². The van der Waals surface area contributed by atoms with Crippen molar-refractivity contribution in [3.05, 3.63) is 72.6 Å². The van der Waals surface area contributed by atoms with Gasteiger partial charge in [-0.15, -0.1) is 0 Å². The molecule has 1 aromatic heterocycles. The van der Waals surface area contributed by atoms with Gasteiger partial charge in [0.1, 0.15) is 0 Å². The van der Waals surface area contributed by atoms with Crippen LogP contribution in [0, 0.1) is 0 Å². The molecule has 1 unspecified atom stereocenters. The summed E-state index contributed by atoms with van der Waals surface area (Å²) < 4.78 is 2.05. The average Bonchev–Trinajstić information content (AvgIpc) is 3.13. The Morgan fingerprint density at radius 2 is 1.61 bits per heavy atom. The average molecular weight is 377 g/mol. The van der Waals surface area contributed by atoms with Crippen LogP contribution >= 0.6 is 0 Å². The van der Waals surface area contributed by atoms with E-state index >= 15 is 0 Å². The van der Waals surface area contributed by atoms with Gasteiger partial charge in [-0.25, -0.2) is 4.98 Å². The largest absolute Gasteiger partial charge is 0.390 e. The number of rotatable bonds is 7. The number of fused-ring (bicyclic) bond motifs is 1. The second kappa shape index (κ2) is 9.15. The van der Waals surface area contributed by atoms with Crippen LogP contribution < -0.4 is 0 Å². The number of aromatic nitrogens is 2. The maximum atomic E-state index is 10.6. The first-order valence-electron chi connectivity index (χ1n) is 10.0.